The van der Waals surface area contributed by atoms with Gasteiger partial charge in [0.25, 0.3) is 0 Å². The summed E-state index contributed by atoms with van der Waals surface area (Å²) in [5.41, 5.74) is 1.13. The van der Waals surface area contributed by atoms with Crippen LogP contribution in [0.25, 0.3) is 0 Å². The summed E-state index contributed by atoms with van der Waals surface area (Å²) in [6.07, 6.45) is 3.13. The highest BCUT2D eigenvalue weighted by Crippen LogP contribution is 2.07. The summed E-state index contributed by atoms with van der Waals surface area (Å²) in [5.74, 6) is 3.86. The van der Waals surface area contributed by atoms with E-state index < -0.39 is 18.0 Å². The number of benzene rings is 1. The number of methoxy groups -OCH3 is 2. The maximum absolute atomic E-state index is 11.1. The molecule has 0 radical (unpaired) electrons. The minimum atomic E-state index is -0.634. The second-order valence-electron chi connectivity index (χ2n) is 4.24. The van der Waals surface area contributed by atoms with Gasteiger partial charge in [0.1, 0.15) is 0 Å². The summed E-state index contributed by atoms with van der Waals surface area (Å²) in [6.45, 7) is 0. The van der Waals surface area contributed by atoms with E-state index in [1.54, 1.807) is 0 Å². The minimum Gasteiger partial charge on any atom is -0.485 e. The van der Waals surface area contributed by atoms with E-state index in [-0.39, 0.29) is 0 Å². The molecule has 116 valence electrons. The monoisotopic (exact) mass is 302 g/mol. The molecule has 0 amide bonds. The van der Waals surface area contributed by atoms with Gasteiger partial charge < -0.3 is 14.2 Å². The first-order chi connectivity index (χ1) is 10.7. The largest absolute Gasteiger partial charge is 0.485 e. The molecule has 1 unspecified atom stereocenters. The van der Waals surface area contributed by atoms with E-state index in [9.17, 15) is 9.59 Å². The topological polar surface area (TPSA) is 61.8 Å². The molecular weight excluding hydrogens is 284 g/mol. The van der Waals surface area contributed by atoms with E-state index in [0.29, 0.717) is 6.42 Å². The number of rotatable bonds is 6. The second kappa shape index (κ2) is 10.1. The number of ether oxygens (including phenoxy) is 3. The van der Waals surface area contributed by atoms with Crippen molar-refractivity contribution in [2.75, 3.05) is 14.2 Å². The van der Waals surface area contributed by atoms with Crippen molar-refractivity contribution >= 4 is 11.9 Å². The predicted molar refractivity (Wildman–Crippen MR) is 80.6 cm³/mol. The molecule has 0 aliphatic heterocycles. The van der Waals surface area contributed by atoms with Crippen LogP contribution in [0.5, 0.6) is 0 Å². The van der Waals surface area contributed by atoms with Gasteiger partial charge in [0.15, 0.2) is 6.10 Å². The van der Waals surface area contributed by atoms with Crippen LogP contribution in [-0.4, -0.2) is 32.3 Å². The van der Waals surface area contributed by atoms with Gasteiger partial charge in [0.05, 0.1) is 26.6 Å². The third kappa shape index (κ3) is 7.15. The van der Waals surface area contributed by atoms with Crippen molar-refractivity contribution in [2.24, 2.45) is 0 Å². The molecule has 0 spiro atoms. The summed E-state index contributed by atoms with van der Waals surface area (Å²) in [7, 11) is 2.53. The molecule has 0 aliphatic rings. The number of aryl methyl sites for hydroxylation is 1. The normalized spacial score (nSPS) is 11.2. The highest BCUT2D eigenvalue weighted by atomic mass is 16.5. The molecule has 1 atom stereocenters. The highest BCUT2D eigenvalue weighted by molar-refractivity contribution is 5.88. The van der Waals surface area contributed by atoms with Gasteiger partial charge in [-0.3, -0.25) is 0 Å². The molecular formula is C17H18O5. The van der Waals surface area contributed by atoms with Gasteiger partial charge >= 0.3 is 11.9 Å². The Bertz CT molecular complexity index is 566. The third-order valence-corrected chi connectivity index (χ3v) is 2.71. The molecule has 0 aromatic heterocycles. The van der Waals surface area contributed by atoms with Crippen molar-refractivity contribution in [1.29, 1.82) is 0 Å². The van der Waals surface area contributed by atoms with Crippen LogP contribution in [0.15, 0.2) is 42.7 Å². The van der Waals surface area contributed by atoms with Crippen molar-refractivity contribution in [3.05, 3.63) is 48.2 Å². The van der Waals surface area contributed by atoms with Crippen LogP contribution in [-0.2, 0) is 30.2 Å². The first-order valence-corrected chi connectivity index (χ1v) is 6.69. The lowest BCUT2D eigenvalue weighted by atomic mass is 10.1. The molecule has 0 bridgehead atoms. The molecule has 0 N–H and O–H groups in total. The van der Waals surface area contributed by atoms with Gasteiger partial charge in [0.2, 0.25) is 0 Å². The second-order valence-corrected chi connectivity index (χ2v) is 4.24. The Morgan fingerprint density at radius 3 is 2.55 bits per heavy atom. The maximum atomic E-state index is 11.1. The quantitative estimate of drug-likeness (QED) is 0.264. The van der Waals surface area contributed by atoms with Crippen LogP contribution in [0.1, 0.15) is 12.0 Å². The Balaban J connectivity index is 2.64. The van der Waals surface area contributed by atoms with Crippen LogP contribution < -0.4 is 0 Å². The summed E-state index contributed by atoms with van der Waals surface area (Å²) in [5, 5.41) is 0. The molecule has 1 aromatic carbocycles. The third-order valence-electron chi connectivity index (χ3n) is 2.71. The number of hydrogen-bond acceptors (Lipinski definition) is 5. The molecule has 0 heterocycles. The van der Waals surface area contributed by atoms with E-state index in [0.717, 1.165) is 18.1 Å². The smallest absolute Gasteiger partial charge is 0.384 e. The summed E-state index contributed by atoms with van der Waals surface area (Å²) >= 11 is 0. The molecule has 0 aliphatic carbocycles. The maximum Gasteiger partial charge on any atom is 0.384 e. The lowest BCUT2D eigenvalue weighted by molar-refractivity contribution is -0.135. The van der Waals surface area contributed by atoms with Gasteiger partial charge in [0, 0.05) is 5.92 Å². The van der Waals surface area contributed by atoms with Crippen molar-refractivity contribution < 1.29 is 23.8 Å². The molecule has 22 heavy (non-hydrogen) atoms. The summed E-state index contributed by atoms with van der Waals surface area (Å²) in [4.78, 5) is 22.1. The molecule has 1 rings (SSSR count). The Morgan fingerprint density at radius 2 is 1.91 bits per heavy atom. The van der Waals surface area contributed by atoms with Crippen molar-refractivity contribution in [3.8, 4) is 11.8 Å². The lowest BCUT2D eigenvalue weighted by Gasteiger charge is -2.10. The Hall–Kier alpha value is -2.74. The van der Waals surface area contributed by atoms with Gasteiger partial charge in [-0.1, -0.05) is 30.3 Å². The number of carbonyl (C=O) groups is 2. The van der Waals surface area contributed by atoms with Crippen LogP contribution in [0.4, 0.5) is 0 Å². The van der Waals surface area contributed by atoms with Gasteiger partial charge in [-0.05, 0) is 24.3 Å². The van der Waals surface area contributed by atoms with Gasteiger partial charge in [-0.15, -0.1) is 0 Å². The molecule has 5 heteroatoms. The predicted octanol–water partition coefficient (Wildman–Crippen LogP) is 1.87. The van der Waals surface area contributed by atoms with E-state index in [1.165, 1.54) is 20.5 Å². The highest BCUT2D eigenvalue weighted by Gasteiger charge is 2.06. The van der Waals surface area contributed by atoms with Crippen molar-refractivity contribution in [2.45, 2.75) is 18.9 Å². The fourth-order valence-electron chi connectivity index (χ4n) is 1.56. The van der Waals surface area contributed by atoms with Crippen LogP contribution in [0.3, 0.4) is 0 Å². The summed E-state index contributed by atoms with van der Waals surface area (Å²) < 4.78 is 14.3. The zero-order valence-electron chi connectivity index (χ0n) is 12.6. The first-order valence-electron chi connectivity index (χ1n) is 6.69. The Kier molecular flexibility index (Phi) is 7.91. The fraction of sp³-hybridized carbons (Fsp3) is 0.294. The van der Waals surface area contributed by atoms with E-state index in [1.807, 2.05) is 30.3 Å². The zero-order valence-corrected chi connectivity index (χ0v) is 12.6. The van der Waals surface area contributed by atoms with Crippen molar-refractivity contribution in [3.63, 3.8) is 0 Å². The lowest BCUT2D eigenvalue weighted by Crippen LogP contribution is -2.10. The average Bonchev–Trinajstić information content (AvgIpc) is 2.57. The SMILES string of the molecule is COC(=O)C#CC(CCc1ccccc1)O/C=C/C(=O)OC. The summed E-state index contributed by atoms with van der Waals surface area (Å²) in [6, 6.07) is 9.82. The van der Waals surface area contributed by atoms with Crippen LogP contribution in [0.2, 0.25) is 0 Å². The molecule has 5 nitrogen and oxygen atoms in total. The van der Waals surface area contributed by atoms with E-state index in [4.69, 9.17) is 4.74 Å². The molecule has 0 fully saturated rings. The molecule has 0 saturated carbocycles. The van der Waals surface area contributed by atoms with Crippen molar-refractivity contribution in [1.82, 2.24) is 0 Å². The zero-order chi connectivity index (χ0) is 16.2. The Labute approximate surface area is 129 Å². The number of carbonyl (C=O) groups excluding carboxylic acids is 2. The Morgan fingerprint density at radius 1 is 1.18 bits per heavy atom. The van der Waals surface area contributed by atoms with E-state index in [2.05, 4.69) is 21.3 Å². The van der Waals surface area contributed by atoms with Gasteiger partial charge in [-0.25, -0.2) is 9.59 Å². The standard InChI is InChI=1S/C17H18O5/c1-20-16(18)11-10-15(22-13-12-17(19)21-2)9-8-14-6-4-3-5-7-14/h3-7,12-13,15H,8-9H2,1-2H3/b13-12+. The minimum absolute atomic E-state index is 0.525. The molecule has 1 aromatic rings. The van der Waals surface area contributed by atoms with E-state index >= 15 is 0 Å². The fourth-order valence-corrected chi connectivity index (χ4v) is 1.56. The average molecular weight is 302 g/mol. The van der Waals surface area contributed by atoms with Crippen LogP contribution in [0, 0.1) is 11.8 Å². The first kappa shape index (κ1) is 17.3. The van der Waals surface area contributed by atoms with Gasteiger partial charge in [-0.2, -0.15) is 0 Å². The number of hydrogen-bond donors (Lipinski definition) is 0. The number of esters is 2. The van der Waals surface area contributed by atoms with Crippen LogP contribution >= 0.6 is 0 Å². The molecule has 0 saturated heterocycles.